The zero-order valence-corrected chi connectivity index (χ0v) is 8.63. The van der Waals surface area contributed by atoms with Gasteiger partial charge in [-0.05, 0) is 37.5 Å². The number of likely N-dealkylation sites (N-methyl/N-ethyl adjacent to an activating group) is 1. The van der Waals surface area contributed by atoms with Gasteiger partial charge in [0.25, 0.3) is 0 Å². The highest BCUT2D eigenvalue weighted by atomic mass is 16.7. The van der Waals surface area contributed by atoms with Gasteiger partial charge in [-0.3, -0.25) is 0 Å². The fourth-order valence-corrected chi connectivity index (χ4v) is 1.38. The molecule has 0 spiro atoms. The molecule has 0 fully saturated rings. The highest BCUT2D eigenvalue weighted by molar-refractivity contribution is 5.44. The van der Waals surface area contributed by atoms with Crippen LogP contribution >= 0.6 is 0 Å². The zero-order valence-electron chi connectivity index (χ0n) is 14.6. The molecule has 0 amide bonds. The average Bonchev–Trinajstić information content (AvgIpc) is 2.59. The van der Waals surface area contributed by atoms with Crippen molar-refractivity contribution in [2.24, 2.45) is 0 Å². The van der Waals surface area contributed by atoms with Crippen molar-refractivity contribution in [3.05, 3.63) is 23.8 Å². The molecule has 1 N–H and O–H groups in total. The Morgan fingerprint density at radius 2 is 2.33 bits per heavy atom. The molecule has 1 aliphatic rings. The van der Waals surface area contributed by atoms with Gasteiger partial charge in [-0.25, -0.2) is 0 Å². The molecular formula is C12H17NO2. The molecule has 0 radical (unpaired) electrons. The molecule has 3 heteroatoms. The van der Waals surface area contributed by atoms with Crippen LogP contribution in [0.3, 0.4) is 0 Å². The molecule has 0 saturated heterocycles. The van der Waals surface area contributed by atoms with E-state index in [0.29, 0.717) is 0 Å². The molecule has 1 heterocycles. The third-order valence-electron chi connectivity index (χ3n) is 1.99. The number of ether oxygens (including phenoxy) is 2. The van der Waals surface area contributed by atoms with Crippen molar-refractivity contribution < 1.29 is 17.7 Å². The van der Waals surface area contributed by atoms with E-state index < -0.39 is 25.7 Å². The molecular weight excluding hydrogens is 190 g/mol. The third kappa shape index (κ3) is 2.42. The van der Waals surface area contributed by atoms with Crippen LogP contribution in [0.1, 0.15) is 27.6 Å². The van der Waals surface area contributed by atoms with Gasteiger partial charge in [-0.2, -0.15) is 0 Å². The fourth-order valence-electron chi connectivity index (χ4n) is 1.38. The molecule has 0 saturated carbocycles. The van der Waals surface area contributed by atoms with Gasteiger partial charge in [0.2, 0.25) is 6.75 Å². The summed E-state index contributed by atoms with van der Waals surface area (Å²) in [4.78, 5) is 0. The van der Waals surface area contributed by atoms with Crippen molar-refractivity contribution in [3.63, 3.8) is 0 Å². The van der Waals surface area contributed by atoms with Gasteiger partial charge in [-0.1, -0.05) is 13.0 Å². The average molecular weight is 213 g/mol. The predicted molar refractivity (Wildman–Crippen MR) is 59.4 cm³/mol. The Labute approximate surface area is 98.8 Å². The molecule has 1 aromatic carbocycles. The van der Waals surface area contributed by atoms with Crippen molar-refractivity contribution in [2.75, 3.05) is 13.2 Å². The van der Waals surface area contributed by atoms with E-state index in [0.717, 1.165) is 0 Å². The minimum absolute atomic E-state index is 0.132. The lowest BCUT2D eigenvalue weighted by atomic mass is 10.1. The van der Waals surface area contributed by atoms with Crippen molar-refractivity contribution >= 4 is 0 Å². The second kappa shape index (κ2) is 4.53. The minimum atomic E-state index is -2.25. The van der Waals surface area contributed by atoms with Crippen LogP contribution in [-0.4, -0.2) is 19.3 Å². The van der Waals surface area contributed by atoms with Gasteiger partial charge in [0, 0.05) is 11.5 Å². The minimum Gasteiger partial charge on any atom is -0.454 e. The summed E-state index contributed by atoms with van der Waals surface area (Å²) in [5.41, 5.74) is 0.256. The summed E-state index contributed by atoms with van der Waals surface area (Å²) in [5, 5.41) is 2.55. The lowest BCUT2D eigenvalue weighted by molar-refractivity contribution is 0.174. The van der Waals surface area contributed by atoms with Crippen LogP contribution in [0.25, 0.3) is 0 Å². The van der Waals surface area contributed by atoms with E-state index in [2.05, 4.69) is 5.32 Å². The second-order valence-electron chi connectivity index (χ2n) is 3.21. The summed E-state index contributed by atoms with van der Waals surface area (Å²) >= 11 is 0. The molecule has 0 aromatic heterocycles. The van der Waals surface area contributed by atoms with E-state index in [4.69, 9.17) is 17.7 Å². The van der Waals surface area contributed by atoms with E-state index in [9.17, 15) is 0 Å². The van der Waals surface area contributed by atoms with Crippen LogP contribution < -0.4 is 14.8 Å². The molecule has 15 heavy (non-hydrogen) atoms. The Hall–Kier alpha value is -1.22. The van der Waals surface area contributed by atoms with Gasteiger partial charge in [0.1, 0.15) is 2.74 Å². The Morgan fingerprint density at radius 3 is 3.13 bits per heavy atom. The summed E-state index contributed by atoms with van der Waals surface area (Å²) in [6, 6.07) is 3.51. The van der Waals surface area contributed by atoms with Crippen molar-refractivity contribution in [3.8, 4) is 11.5 Å². The van der Waals surface area contributed by atoms with Crippen molar-refractivity contribution in [1.82, 2.24) is 5.32 Å². The first-order valence-corrected chi connectivity index (χ1v) is 4.71. The van der Waals surface area contributed by atoms with E-state index in [1.54, 1.807) is 6.92 Å². The third-order valence-corrected chi connectivity index (χ3v) is 1.99. The topological polar surface area (TPSA) is 30.5 Å². The number of nitrogens with one attached hydrogen (secondary N) is 1. The van der Waals surface area contributed by atoms with E-state index in [1.807, 2.05) is 0 Å². The van der Waals surface area contributed by atoms with E-state index >= 15 is 0 Å². The van der Waals surface area contributed by atoms with Crippen LogP contribution in [0.5, 0.6) is 11.5 Å². The van der Waals surface area contributed by atoms with Crippen LogP contribution in [0, 0.1) is 0 Å². The maximum atomic E-state index is 8.16. The predicted octanol–water partition coefficient (Wildman–Crippen LogP) is 1.96. The summed E-state index contributed by atoms with van der Waals surface area (Å²) in [7, 11) is 0. The molecule has 0 unspecified atom stereocenters. The van der Waals surface area contributed by atoms with Gasteiger partial charge < -0.3 is 14.8 Å². The van der Waals surface area contributed by atoms with Crippen LogP contribution in [0.15, 0.2) is 18.2 Å². The largest absolute Gasteiger partial charge is 0.454 e. The van der Waals surface area contributed by atoms with Crippen molar-refractivity contribution in [1.29, 1.82) is 0 Å². The monoisotopic (exact) mass is 213 g/mol. The summed E-state index contributed by atoms with van der Waals surface area (Å²) in [6.07, 6.45) is -1.86. The molecule has 82 valence electrons. The molecule has 0 bridgehead atoms. The Bertz CT molecular complexity index is 543. The van der Waals surface area contributed by atoms with Crippen LogP contribution in [0.2, 0.25) is 0 Å². The fraction of sp³-hybridized carbons (Fsp3) is 0.500. The maximum Gasteiger partial charge on any atom is 0.231 e. The highest BCUT2D eigenvalue weighted by Crippen LogP contribution is 2.32. The first-order valence-electron chi connectivity index (χ1n) is 7.71. The first-order chi connectivity index (χ1) is 9.41. The van der Waals surface area contributed by atoms with Gasteiger partial charge in [0.05, 0.1) is 0 Å². The first kappa shape index (κ1) is 5.21. The number of hydrogen-bond acceptors (Lipinski definition) is 3. The Morgan fingerprint density at radius 1 is 1.53 bits per heavy atom. The standard InChI is InChI=1S/C12H17NO2/c1-3-13-9(2)6-10-4-5-11-12(7-10)15-8-14-11/h4-5,7,9,13H,3,6,8H2,1-2H3/t9-/m1/s1/i3D2,6D2,8D2. The van der Waals surface area contributed by atoms with Crippen molar-refractivity contribution in [2.45, 2.75) is 26.3 Å². The zero-order chi connectivity index (χ0) is 16.1. The molecule has 1 aromatic rings. The number of hydrogen-bond donors (Lipinski definition) is 1. The van der Waals surface area contributed by atoms with Gasteiger partial charge in [0.15, 0.2) is 11.5 Å². The SMILES string of the molecule is [2H]C([2H])(C)N[C@H](C)C([2H])([2H])c1ccc2c(c1)OC([2H])([2H])O2. The number of benzene rings is 1. The summed E-state index contributed by atoms with van der Waals surface area (Å²) < 4.78 is 55.9. The summed E-state index contributed by atoms with van der Waals surface area (Å²) in [5.74, 6) is 0.346. The number of fused-ring (bicyclic) bond motifs is 1. The van der Waals surface area contributed by atoms with Gasteiger partial charge >= 0.3 is 0 Å². The molecule has 0 aliphatic carbocycles. The Kier molecular flexibility index (Phi) is 1.58. The highest BCUT2D eigenvalue weighted by Gasteiger charge is 2.13. The van der Waals surface area contributed by atoms with E-state index in [1.165, 1.54) is 25.1 Å². The quantitative estimate of drug-likeness (QED) is 0.829. The molecule has 1 aliphatic heterocycles. The lowest BCUT2D eigenvalue weighted by Crippen LogP contribution is -2.27. The second-order valence-corrected chi connectivity index (χ2v) is 3.21. The molecule has 2 rings (SSSR count). The molecule has 3 nitrogen and oxygen atoms in total. The number of rotatable bonds is 4. The van der Waals surface area contributed by atoms with Crippen LogP contribution in [-0.2, 0) is 6.37 Å². The van der Waals surface area contributed by atoms with E-state index in [-0.39, 0.29) is 17.1 Å². The van der Waals surface area contributed by atoms with Gasteiger partial charge in [-0.15, -0.1) is 0 Å². The lowest BCUT2D eigenvalue weighted by Gasteiger charge is -2.12. The maximum absolute atomic E-state index is 8.16. The Balaban J connectivity index is 2.26. The smallest absolute Gasteiger partial charge is 0.231 e. The summed E-state index contributed by atoms with van der Waals surface area (Å²) in [6.45, 7) is -1.10. The molecule has 1 atom stereocenters. The van der Waals surface area contributed by atoms with Crippen LogP contribution in [0.4, 0.5) is 0 Å². The normalized spacial score (nSPS) is 26.5.